The van der Waals surface area contributed by atoms with Crippen molar-refractivity contribution in [1.82, 2.24) is 9.78 Å². The van der Waals surface area contributed by atoms with Gasteiger partial charge in [0.25, 0.3) is 0 Å². The molecular formula is C25H23Cl2N7O. The van der Waals surface area contributed by atoms with Crippen LogP contribution in [0.3, 0.4) is 0 Å². The quantitative estimate of drug-likeness (QED) is 0.161. The van der Waals surface area contributed by atoms with E-state index >= 15 is 0 Å². The van der Waals surface area contributed by atoms with Crippen LogP contribution in [0.25, 0.3) is 26.9 Å². The summed E-state index contributed by atoms with van der Waals surface area (Å²) in [7, 11) is 0. The standard InChI is InChI=1S/C25H23Cl2N7O/c1-25(2,3)21-13-22(31-24(35)30-20-10-6-9-19(26)23(20)27)34(32-21)17-11-15-7-4-5-8-18(15)16(12-17)14-29-33-28/h4-13H,14H2,1-3H3,(H2,30,31,35). The molecule has 0 aliphatic carbocycles. The van der Waals surface area contributed by atoms with Crippen LogP contribution in [0.5, 0.6) is 0 Å². The molecule has 4 rings (SSSR count). The number of anilines is 2. The fourth-order valence-corrected chi connectivity index (χ4v) is 3.98. The van der Waals surface area contributed by atoms with Gasteiger partial charge in [-0.2, -0.15) is 5.10 Å². The van der Waals surface area contributed by atoms with Gasteiger partial charge in [0.2, 0.25) is 0 Å². The van der Waals surface area contributed by atoms with E-state index in [2.05, 4.69) is 20.7 Å². The third-order valence-electron chi connectivity index (χ3n) is 5.40. The molecule has 0 aliphatic rings. The summed E-state index contributed by atoms with van der Waals surface area (Å²) in [5.74, 6) is 0.468. The van der Waals surface area contributed by atoms with Crippen LogP contribution < -0.4 is 10.6 Å². The topological polar surface area (TPSA) is 108 Å². The van der Waals surface area contributed by atoms with Gasteiger partial charge >= 0.3 is 6.03 Å². The number of fused-ring (bicyclic) bond motifs is 1. The molecule has 0 saturated heterocycles. The van der Waals surface area contributed by atoms with Gasteiger partial charge in [0.1, 0.15) is 5.82 Å². The average molecular weight is 508 g/mol. The third kappa shape index (κ3) is 5.35. The number of aromatic nitrogens is 2. The number of nitrogens with zero attached hydrogens (tertiary/aromatic N) is 5. The summed E-state index contributed by atoms with van der Waals surface area (Å²) in [6.45, 7) is 6.32. The van der Waals surface area contributed by atoms with Crippen LogP contribution in [0.1, 0.15) is 32.0 Å². The Morgan fingerprint density at radius 1 is 1.09 bits per heavy atom. The lowest BCUT2D eigenvalue weighted by atomic mass is 9.92. The minimum atomic E-state index is -0.495. The number of benzene rings is 3. The lowest BCUT2D eigenvalue weighted by Crippen LogP contribution is -2.21. The summed E-state index contributed by atoms with van der Waals surface area (Å²) < 4.78 is 1.67. The van der Waals surface area contributed by atoms with Crippen LogP contribution in [0.2, 0.25) is 10.0 Å². The Morgan fingerprint density at radius 2 is 1.86 bits per heavy atom. The van der Waals surface area contributed by atoms with Gasteiger partial charge in [0.15, 0.2) is 0 Å². The molecule has 0 bridgehead atoms. The van der Waals surface area contributed by atoms with E-state index in [-0.39, 0.29) is 17.0 Å². The average Bonchev–Trinajstić information content (AvgIpc) is 3.24. The molecule has 0 aliphatic heterocycles. The van der Waals surface area contributed by atoms with E-state index in [0.717, 1.165) is 27.7 Å². The smallest absolute Gasteiger partial charge is 0.306 e. The number of hydrogen-bond acceptors (Lipinski definition) is 3. The number of hydrogen-bond donors (Lipinski definition) is 2. The van der Waals surface area contributed by atoms with E-state index < -0.39 is 6.03 Å². The number of halogens is 2. The predicted molar refractivity (Wildman–Crippen MR) is 142 cm³/mol. The minimum absolute atomic E-state index is 0.189. The van der Waals surface area contributed by atoms with Crippen molar-refractivity contribution in [2.24, 2.45) is 5.11 Å². The van der Waals surface area contributed by atoms with Crippen molar-refractivity contribution in [1.29, 1.82) is 0 Å². The highest BCUT2D eigenvalue weighted by Gasteiger charge is 2.22. The van der Waals surface area contributed by atoms with Gasteiger partial charge in [0.05, 0.1) is 33.7 Å². The first-order valence-electron chi connectivity index (χ1n) is 10.8. The Labute approximate surface area is 212 Å². The Balaban J connectivity index is 1.77. The molecule has 0 unspecified atom stereocenters. The third-order valence-corrected chi connectivity index (χ3v) is 6.22. The van der Waals surface area contributed by atoms with Crippen LogP contribution in [0.4, 0.5) is 16.3 Å². The fraction of sp³-hybridized carbons (Fsp3) is 0.200. The van der Waals surface area contributed by atoms with E-state index in [4.69, 9.17) is 33.8 Å². The zero-order valence-electron chi connectivity index (χ0n) is 19.4. The molecule has 0 saturated carbocycles. The molecule has 0 fully saturated rings. The molecule has 35 heavy (non-hydrogen) atoms. The lowest BCUT2D eigenvalue weighted by Gasteiger charge is -2.14. The van der Waals surface area contributed by atoms with Gasteiger partial charge < -0.3 is 5.32 Å². The first-order chi connectivity index (χ1) is 16.7. The summed E-state index contributed by atoms with van der Waals surface area (Å²) in [5, 5.41) is 16.7. The van der Waals surface area contributed by atoms with Gasteiger partial charge in [-0.1, -0.05) is 79.4 Å². The summed E-state index contributed by atoms with van der Waals surface area (Å²) >= 11 is 12.3. The molecule has 178 valence electrons. The second kappa shape index (κ2) is 9.88. The number of carbonyl (C=O) groups is 1. The van der Waals surface area contributed by atoms with Crippen molar-refractivity contribution in [3.05, 3.63) is 92.4 Å². The fourth-order valence-electron chi connectivity index (χ4n) is 3.64. The van der Waals surface area contributed by atoms with Gasteiger partial charge in [-0.3, -0.25) is 5.32 Å². The van der Waals surface area contributed by atoms with Crippen molar-refractivity contribution in [2.75, 3.05) is 10.6 Å². The number of carbonyl (C=O) groups excluding carboxylic acids is 1. The number of amides is 2. The first kappa shape index (κ1) is 24.4. The number of rotatable bonds is 5. The molecule has 2 amide bonds. The lowest BCUT2D eigenvalue weighted by molar-refractivity contribution is 0.262. The zero-order valence-corrected chi connectivity index (χ0v) is 20.9. The van der Waals surface area contributed by atoms with E-state index in [1.807, 2.05) is 63.2 Å². The van der Waals surface area contributed by atoms with Crippen molar-refractivity contribution in [2.45, 2.75) is 32.7 Å². The van der Waals surface area contributed by atoms with Crippen molar-refractivity contribution >= 4 is 51.5 Å². The minimum Gasteiger partial charge on any atom is -0.306 e. The molecule has 1 aromatic heterocycles. The number of nitrogens with one attached hydrogen (secondary N) is 2. The Hall–Kier alpha value is -3.71. The van der Waals surface area contributed by atoms with Crippen molar-refractivity contribution in [3.8, 4) is 5.69 Å². The second-order valence-corrected chi connectivity index (χ2v) is 9.76. The van der Waals surface area contributed by atoms with Crippen molar-refractivity contribution < 1.29 is 4.79 Å². The van der Waals surface area contributed by atoms with Gasteiger partial charge in [-0.25, -0.2) is 9.48 Å². The predicted octanol–water partition coefficient (Wildman–Crippen LogP) is 8.08. The molecule has 10 heteroatoms. The zero-order chi connectivity index (χ0) is 25.2. The summed E-state index contributed by atoms with van der Waals surface area (Å²) in [4.78, 5) is 15.8. The highest BCUT2D eigenvalue weighted by atomic mass is 35.5. The highest BCUT2D eigenvalue weighted by Crippen LogP contribution is 2.31. The van der Waals surface area contributed by atoms with Gasteiger partial charge in [-0.15, -0.1) is 0 Å². The summed E-state index contributed by atoms with van der Waals surface area (Å²) in [6, 6.07) is 18.1. The Bertz CT molecular complexity index is 1470. The maximum absolute atomic E-state index is 12.9. The molecule has 3 aromatic carbocycles. The van der Waals surface area contributed by atoms with Crippen LogP contribution in [-0.4, -0.2) is 15.8 Å². The molecule has 0 spiro atoms. The highest BCUT2D eigenvalue weighted by molar-refractivity contribution is 6.44. The molecule has 1 heterocycles. The van der Waals surface area contributed by atoms with Crippen LogP contribution in [-0.2, 0) is 12.0 Å². The first-order valence-corrected chi connectivity index (χ1v) is 11.6. The number of azide groups is 1. The van der Waals surface area contributed by atoms with Crippen LogP contribution in [0, 0.1) is 0 Å². The van der Waals surface area contributed by atoms with Gasteiger partial charge in [0, 0.05) is 16.4 Å². The maximum Gasteiger partial charge on any atom is 0.324 e. The largest absolute Gasteiger partial charge is 0.324 e. The molecule has 0 atom stereocenters. The second-order valence-electron chi connectivity index (χ2n) is 8.97. The van der Waals surface area contributed by atoms with Crippen molar-refractivity contribution in [3.63, 3.8) is 0 Å². The van der Waals surface area contributed by atoms with E-state index in [0.29, 0.717) is 16.5 Å². The Morgan fingerprint density at radius 3 is 2.60 bits per heavy atom. The normalized spacial score (nSPS) is 11.2. The SMILES string of the molecule is CC(C)(C)c1cc(NC(=O)Nc2cccc(Cl)c2Cl)n(-c2cc(CN=[N+]=[N-])c3ccccc3c2)n1. The van der Waals surface area contributed by atoms with Crippen LogP contribution in [0.15, 0.2) is 65.8 Å². The molecular weight excluding hydrogens is 485 g/mol. The molecule has 8 nitrogen and oxygen atoms in total. The Kier molecular flexibility index (Phi) is 6.89. The molecule has 4 aromatic rings. The monoisotopic (exact) mass is 507 g/mol. The maximum atomic E-state index is 12.9. The summed E-state index contributed by atoms with van der Waals surface area (Å²) in [5.41, 5.74) is 11.3. The van der Waals surface area contributed by atoms with Crippen LogP contribution >= 0.6 is 23.2 Å². The van der Waals surface area contributed by atoms with E-state index in [9.17, 15) is 4.79 Å². The van der Waals surface area contributed by atoms with E-state index in [1.54, 1.807) is 22.9 Å². The van der Waals surface area contributed by atoms with Gasteiger partial charge in [-0.05, 0) is 46.1 Å². The summed E-state index contributed by atoms with van der Waals surface area (Å²) in [6.07, 6.45) is 0. The number of urea groups is 1. The molecule has 0 radical (unpaired) electrons. The molecule has 2 N–H and O–H groups in total. The van der Waals surface area contributed by atoms with E-state index in [1.165, 1.54) is 0 Å².